The van der Waals surface area contributed by atoms with Crippen LogP contribution in [0.15, 0.2) is 0 Å². The van der Waals surface area contributed by atoms with Gasteiger partial charge in [0.25, 0.3) is 0 Å². The van der Waals surface area contributed by atoms with Crippen LogP contribution in [0.1, 0.15) is 73.1 Å². The largest absolute Gasteiger partial charge is 0.310 e. The molecule has 2 aliphatic carbocycles. The van der Waals surface area contributed by atoms with Crippen LogP contribution < -0.4 is 5.32 Å². The highest BCUT2D eigenvalue weighted by molar-refractivity contribution is 5.18. The number of hydrogen-bond donors (Lipinski definition) is 1. The summed E-state index contributed by atoms with van der Waals surface area (Å²) in [6.07, 6.45) is 8.55. The molecule has 2 aliphatic rings. The number of hydrogen-bond acceptors (Lipinski definition) is 1. The second-order valence-electron chi connectivity index (χ2n) is 7.55. The highest BCUT2D eigenvalue weighted by Gasteiger charge is 2.64. The molecule has 0 unspecified atom stereocenters. The van der Waals surface area contributed by atoms with Gasteiger partial charge in [-0.3, -0.25) is 0 Å². The Hall–Kier alpha value is -0.0400. The van der Waals surface area contributed by atoms with Gasteiger partial charge in [-0.15, -0.1) is 0 Å². The van der Waals surface area contributed by atoms with Crippen LogP contribution in [-0.2, 0) is 0 Å². The highest BCUT2D eigenvalue weighted by Crippen LogP contribution is 2.62. The van der Waals surface area contributed by atoms with E-state index in [1.807, 2.05) is 0 Å². The molecule has 0 saturated heterocycles. The molecule has 2 rings (SSSR count). The summed E-state index contributed by atoms with van der Waals surface area (Å²) in [4.78, 5) is 0. The lowest BCUT2D eigenvalue weighted by molar-refractivity contribution is 0.269. The maximum Gasteiger partial charge on any atom is 0.0183 e. The molecule has 17 heavy (non-hydrogen) atoms. The summed E-state index contributed by atoms with van der Waals surface area (Å²) in [5.41, 5.74) is 0.987. The van der Waals surface area contributed by atoms with E-state index in [2.05, 4.69) is 39.9 Å². The standard InChI is InChI=1S/C16H31N/c1-6-7-12-8-10-13(11-9-12)17-14-15(2,3)16(14,4)5/h12-14,17H,6-11H2,1-5H3. The maximum atomic E-state index is 3.94. The van der Waals surface area contributed by atoms with Crippen molar-refractivity contribution in [1.29, 1.82) is 0 Å². The van der Waals surface area contributed by atoms with Crippen LogP contribution in [0.3, 0.4) is 0 Å². The van der Waals surface area contributed by atoms with Gasteiger partial charge in [-0.1, -0.05) is 47.5 Å². The molecule has 0 radical (unpaired) electrons. The lowest BCUT2D eigenvalue weighted by Crippen LogP contribution is -2.37. The molecule has 2 saturated carbocycles. The molecule has 0 heterocycles. The number of rotatable bonds is 4. The van der Waals surface area contributed by atoms with Gasteiger partial charge in [-0.05, 0) is 42.4 Å². The van der Waals surface area contributed by atoms with Crippen LogP contribution in [0.5, 0.6) is 0 Å². The van der Waals surface area contributed by atoms with Crippen molar-refractivity contribution in [2.24, 2.45) is 16.7 Å². The Kier molecular flexibility index (Phi) is 3.60. The van der Waals surface area contributed by atoms with E-state index in [0.717, 1.165) is 18.0 Å². The molecule has 1 N–H and O–H groups in total. The third kappa shape index (κ3) is 2.41. The maximum absolute atomic E-state index is 3.94. The van der Waals surface area contributed by atoms with E-state index in [1.165, 1.54) is 38.5 Å². The molecule has 0 aromatic rings. The van der Waals surface area contributed by atoms with Crippen molar-refractivity contribution in [2.75, 3.05) is 0 Å². The van der Waals surface area contributed by atoms with Crippen LogP contribution in [0.2, 0.25) is 0 Å². The summed E-state index contributed by atoms with van der Waals surface area (Å²) < 4.78 is 0. The second kappa shape index (κ2) is 4.57. The Morgan fingerprint density at radius 1 is 0.941 bits per heavy atom. The van der Waals surface area contributed by atoms with Crippen LogP contribution >= 0.6 is 0 Å². The van der Waals surface area contributed by atoms with E-state index in [4.69, 9.17) is 0 Å². The van der Waals surface area contributed by atoms with Crippen molar-refractivity contribution in [2.45, 2.75) is 85.2 Å². The molecule has 0 spiro atoms. The highest BCUT2D eigenvalue weighted by atomic mass is 15.1. The van der Waals surface area contributed by atoms with Gasteiger partial charge in [0.15, 0.2) is 0 Å². The van der Waals surface area contributed by atoms with Crippen molar-refractivity contribution < 1.29 is 0 Å². The van der Waals surface area contributed by atoms with Gasteiger partial charge in [0.2, 0.25) is 0 Å². The minimum absolute atomic E-state index is 0.493. The van der Waals surface area contributed by atoms with Gasteiger partial charge in [-0.25, -0.2) is 0 Å². The Morgan fingerprint density at radius 3 is 1.88 bits per heavy atom. The van der Waals surface area contributed by atoms with Gasteiger partial charge in [-0.2, -0.15) is 0 Å². The fourth-order valence-corrected chi connectivity index (χ4v) is 3.87. The molecule has 0 aromatic carbocycles. The van der Waals surface area contributed by atoms with E-state index >= 15 is 0 Å². The van der Waals surface area contributed by atoms with Crippen molar-refractivity contribution in [1.82, 2.24) is 5.32 Å². The quantitative estimate of drug-likeness (QED) is 0.765. The topological polar surface area (TPSA) is 12.0 Å². The molecule has 0 bridgehead atoms. The lowest BCUT2D eigenvalue weighted by atomic mass is 9.83. The minimum atomic E-state index is 0.493. The molecule has 0 amide bonds. The monoisotopic (exact) mass is 237 g/mol. The summed E-state index contributed by atoms with van der Waals surface area (Å²) in [6.45, 7) is 12.0. The predicted octanol–water partition coefficient (Wildman–Crippen LogP) is 4.37. The van der Waals surface area contributed by atoms with E-state index in [1.54, 1.807) is 0 Å². The van der Waals surface area contributed by atoms with Crippen molar-refractivity contribution in [3.05, 3.63) is 0 Å². The van der Waals surface area contributed by atoms with E-state index in [-0.39, 0.29) is 0 Å². The SMILES string of the molecule is CCCC1CCC(NC2C(C)(C)C2(C)C)CC1. The fraction of sp³-hybridized carbons (Fsp3) is 1.00. The summed E-state index contributed by atoms with van der Waals surface area (Å²) in [6, 6.07) is 1.54. The summed E-state index contributed by atoms with van der Waals surface area (Å²) in [7, 11) is 0. The fourth-order valence-electron chi connectivity index (χ4n) is 3.87. The van der Waals surface area contributed by atoms with Crippen molar-refractivity contribution in [3.63, 3.8) is 0 Å². The molecule has 0 aromatic heterocycles. The number of nitrogens with one attached hydrogen (secondary N) is 1. The van der Waals surface area contributed by atoms with Crippen LogP contribution in [0.4, 0.5) is 0 Å². The van der Waals surface area contributed by atoms with Crippen molar-refractivity contribution in [3.8, 4) is 0 Å². The van der Waals surface area contributed by atoms with Gasteiger partial charge in [0.1, 0.15) is 0 Å². The molecule has 0 aliphatic heterocycles. The first kappa shape index (κ1) is 13.4. The molecular formula is C16H31N. The van der Waals surface area contributed by atoms with Gasteiger partial charge in [0, 0.05) is 12.1 Å². The Bertz CT molecular complexity index is 245. The second-order valence-corrected chi connectivity index (χ2v) is 7.55. The zero-order valence-electron chi connectivity index (χ0n) is 12.5. The third-order valence-corrected chi connectivity index (χ3v) is 5.97. The van der Waals surface area contributed by atoms with E-state index < -0.39 is 0 Å². The average molecular weight is 237 g/mol. The van der Waals surface area contributed by atoms with Crippen molar-refractivity contribution >= 4 is 0 Å². The first-order valence-corrected chi connectivity index (χ1v) is 7.65. The molecule has 100 valence electrons. The minimum Gasteiger partial charge on any atom is -0.310 e. The molecule has 1 heteroatoms. The van der Waals surface area contributed by atoms with Gasteiger partial charge < -0.3 is 5.32 Å². The average Bonchev–Trinajstić information content (AvgIpc) is 2.64. The van der Waals surface area contributed by atoms with Crippen LogP contribution in [0.25, 0.3) is 0 Å². The molecular weight excluding hydrogens is 206 g/mol. The zero-order valence-corrected chi connectivity index (χ0v) is 12.5. The Balaban J connectivity index is 1.76. The molecule has 0 atom stereocenters. The first-order valence-electron chi connectivity index (χ1n) is 7.65. The third-order valence-electron chi connectivity index (χ3n) is 5.97. The van der Waals surface area contributed by atoms with Gasteiger partial charge >= 0.3 is 0 Å². The molecule has 2 fully saturated rings. The Labute approximate surface area is 108 Å². The zero-order chi connectivity index (χ0) is 12.7. The normalized spacial score (nSPS) is 35.8. The summed E-state index contributed by atoms with van der Waals surface area (Å²) in [5.74, 6) is 1.03. The summed E-state index contributed by atoms with van der Waals surface area (Å²) in [5, 5.41) is 3.94. The first-order chi connectivity index (χ1) is 7.89. The van der Waals surface area contributed by atoms with Crippen LogP contribution in [0, 0.1) is 16.7 Å². The lowest BCUT2D eigenvalue weighted by Gasteiger charge is -2.29. The smallest absolute Gasteiger partial charge is 0.0183 e. The van der Waals surface area contributed by atoms with Gasteiger partial charge in [0.05, 0.1) is 0 Å². The van der Waals surface area contributed by atoms with E-state index in [0.29, 0.717) is 10.8 Å². The molecule has 1 nitrogen and oxygen atoms in total. The Morgan fingerprint density at radius 2 is 1.47 bits per heavy atom. The summed E-state index contributed by atoms with van der Waals surface area (Å²) >= 11 is 0. The van der Waals surface area contributed by atoms with E-state index in [9.17, 15) is 0 Å². The predicted molar refractivity (Wildman–Crippen MR) is 75.1 cm³/mol. The van der Waals surface area contributed by atoms with Crippen LogP contribution in [-0.4, -0.2) is 12.1 Å².